The van der Waals surface area contributed by atoms with Gasteiger partial charge in [0, 0.05) is 6.54 Å². The van der Waals surface area contributed by atoms with E-state index in [1.807, 2.05) is 11.6 Å². The molecule has 0 saturated heterocycles. The number of hydrogen-bond acceptors (Lipinski definition) is 2. The number of halogens is 1. The van der Waals surface area contributed by atoms with Crippen molar-refractivity contribution < 1.29 is 0 Å². The number of nitrogens with zero attached hydrogens (tertiary/aromatic N) is 2. The molecular formula is C12H22ClN3. The fourth-order valence-corrected chi connectivity index (χ4v) is 1.78. The van der Waals surface area contributed by atoms with Crippen LogP contribution in [0.15, 0.2) is 6.20 Å². The third-order valence-corrected chi connectivity index (χ3v) is 3.12. The van der Waals surface area contributed by atoms with Gasteiger partial charge in [0.25, 0.3) is 0 Å². The minimum atomic E-state index is 0.753. The van der Waals surface area contributed by atoms with Crippen molar-refractivity contribution in [3.63, 3.8) is 0 Å². The van der Waals surface area contributed by atoms with Crippen LogP contribution in [0.25, 0.3) is 0 Å². The molecule has 4 heteroatoms. The van der Waals surface area contributed by atoms with E-state index < -0.39 is 0 Å². The van der Waals surface area contributed by atoms with Crippen LogP contribution in [0.4, 0.5) is 0 Å². The molecule has 0 aliphatic heterocycles. The van der Waals surface area contributed by atoms with Crippen LogP contribution < -0.4 is 5.32 Å². The molecule has 0 unspecified atom stereocenters. The lowest BCUT2D eigenvalue weighted by Gasteiger charge is -2.06. The Morgan fingerprint density at radius 3 is 2.75 bits per heavy atom. The van der Waals surface area contributed by atoms with Gasteiger partial charge in [0.05, 0.1) is 23.5 Å². The molecule has 0 bridgehead atoms. The molecule has 0 spiro atoms. The van der Waals surface area contributed by atoms with Crippen molar-refractivity contribution in [1.82, 2.24) is 15.1 Å². The average molecular weight is 244 g/mol. The summed E-state index contributed by atoms with van der Waals surface area (Å²) in [6, 6.07) is 0. The molecule has 1 rings (SSSR count). The molecule has 1 heterocycles. The summed E-state index contributed by atoms with van der Waals surface area (Å²) in [5.74, 6) is 0. The highest BCUT2D eigenvalue weighted by Crippen LogP contribution is 2.12. The van der Waals surface area contributed by atoms with E-state index in [9.17, 15) is 0 Å². The Morgan fingerprint density at radius 2 is 2.12 bits per heavy atom. The highest BCUT2D eigenvalue weighted by Gasteiger charge is 2.02. The quantitative estimate of drug-likeness (QED) is 0.712. The standard InChI is InChI=1S/C12H22ClN3/c1-3-4-5-6-7-14-8-9-16-11(2)12(13)10-15-16/h10,14H,3-9H2,1-2H3. The smallest absolute Gasteiger partial charge is 0.0814 e. The van der Waals surface area contributed by atoms with Gasteiger partial charge in [0.2, 0.25) is 0 Å². The highest BCUT2D eigenvalue weighted by atomic mass is 35.5. The van der Waals surface area contributed by atoms with E-state index in [0.29, 0.717) is 0 Å². The summed E-state index contributed by atoms with van der Waals surface area (Å²) < 4.78 is 1.95. The molecule has 0 fully saturated rings. The first-order valence-corrected chi connectivity index (χ1v) is 6.52. The fourth-order valence-electron chi connectivity index (χ4n) is 1.64. The third kappa shape index (κ3) is 4.54. The summed E-state index contributed by atoms with van der Waals surface area (Å²) in [6.45, 7) is 7.19. The largest absolute Gasteiger partial charge is 0.315 e. The second kappa shape index (κ2) is 7.69. The highest BCUT2D eigenvalue weighted by molar-refractivity contribution is 6.31. The monoisotopic (exact) mass is 243 g/mol. The van der Waals surface area contributed by atoms with Gasteiger partial charge in [-0.05, 0) is 19.9 Å². The lowest BCUT2D eigenvalue weighted by molar-refractivity contribution is 0.528. The Hall–Kier alpha value is -0.540. The van der Waals surface area contributed by atoms with Gasteiger partial charge in [-0.25, -0.2) is 0 Å². The molecule has 92 valence electrons. The number of nitrogens with one attached hydrogen (secondary N) is 1. The van der Waals surface area contributed by atoms with Gasteiger partial charge in [0.15, 0.2) is 0 Å². The summed E-state index contributed by atoms with van der Waals surface area (Å²) in [7, 11) is 0. The zero-order chi connectivity index (χ0) is 11.8. The second-order valence-electron chi connectivity index (χ2n) is 4.11. The van der Waals surface area contributed by atoms with Crippen molar-refractivity contribution in [3.05, 3.63) is 16.9 Å². The molecule has 3 nitrogen and oxygen atoms in total. The fraction of sp³-hybridized carbons (Fsp3) is 0.750. The Bertz CT molecular complexity index is 296. The molecule has 1 aromatic rings. The zero-order valence-electron chi connectivity index (χ0n) is 10.3. The molecule has 16 heavy (non-hydrogen) atoms. The van der Waals surface area contributed by atoms with Crippen LogP contribution in [0.5, 0.6) is 0 Å². The summed E-state index contributed by atoms with van der Waals surface area (Å²) in [4.78, 5) is 0. The Balaban J connectivity index is 2.05. The second-order valence-corrected chi connectivity index (χ2v) is 4.52. The summed E-state index contributed by atoms with van der Waals surface area (Å²) in [5.41, 5.74) is 1.05. The zero-order valence-corrected chi connectivity index (χ0v) is 11.1. The summed E-state index contributed by atoms with van der Waals surface area (Å²) >= 11 is 5.92. The van der Waals surface area contributed by atoms with Gasteiger partial charge in [-0.3, -0.25) is 4.68 Å². The maximum atomic E-state index is 5.92. The SMILES string of the molecule is CCCCCCNCCn1ncc(Cl)c1C. The Labute approximate surface area is 103 Å². The molecule has 0 radical (unpaired) electrons. The van der Waals surface area contributed by atoms with Gasteiger partial charge < -0.3 is 5.32 Å². The van der Waals surface area contributed by atoms with Crippen LogP contribution in [-0.2, 0) is 6.54 Å². The number of rotatable bonds is 8. The molecule has 0 aliphatic carbocycles. The maximum absolute atomic E-state index is 5.92. The minimum absolute atomic E-state index is 0.753. The molecule has 0 saturated carbocycles. The molecular weight excluding hydrogens is 222 g/mol. The Morgan fingerprint density at radius 1 is 1.31 bits per heavy atom. The van der Waals surface area contributed by atoms with Crippen LogP contribution in [0, 0.1) is 6.92 Å². The molecule has 0 aliphatic rings. The number of hydrogen-bond donors (Lipinski definition) is 1. The van der Waals surface area contributed by atoms with Gasteiger partial charge in [-0.1, -0.05) is 37.8 Å². The normalized spacial score (nSPS) is 10.9. The van der Waals surface area contributed by atoms with E-state index in [2.05, 4.69) is 17.3 Å². The molecule has 1 aromatic heterocycles. The molecule has 0 atom stereocenters. The van der Waals surface area contributed by atoms with Gasteiger partial charge >= 0.3 is 0 Å². The van der Waals surface area contributed by atoms with Crippen LogP contribution in [0.2, 0.25) is 5.02 Å². The lowest BCUT2D eigenvalue weighted by Crippen LogP contribution is -2.22. The first-order valence-electron chi connectivity index (χ1n) is 6.14. The lowest BCUT2D eigenvalue weighted by atomic mass is 10.2. The van der Waals surface area contributed by atoms with E-state index in [0.717, 1.165) is 30.4 Å². The Kier molecular flexibility index (Phi) is 6.50. The van der Waals surface area contributed by atoms with E-state index in [4.69, 9.17) is 11.6 Å². The van der Waals surface area contributed by atoms with Crippen LogP contribution in [-0.4, -0.2) is 22.9 Å². The molecule has 0 amide bonds. The topological polar surface area (TPSA) is 29.9 Å². The first-order chi connectivity index (χ1) is 7.75. The van der Waals surface area contributed by atoms with Crippen LogP contribution in [0.1, 0.15) is 38.3 Å². The van der Waals surface area contributed by atoms with Crippen molar-refractivity contribution in [3.8, 4) is 0 Å². The number of aromatic nitrogens is 2. The molecule has 0 aromatic carbocycles. The minimum Gasteiger partial charge on any atom is -0.315 e. The van der Waals surface area contributed by atoms with Gasteiger partial charge in [-0.15, -0.1) is 0 Å². The molecule has 1 N–H and O–H groups in total. The van der Waals surface area contributed by atoms with Crippen molar-refractivity contribution >= 4 is 11.6 Å². The van der Waals surface area contributed by atoms with Crippen molar-refractivity contribution in [1.29, 1.82) is 0 Å². The van der Waals surface area contributed by atoms with Gasteiger partial charge in [-0.2, -0.15) is 5.10 Å². The maximum Gasteiger partial charge on any atom is 0.0814 e. The van der Waals surface area contributed by atoms with E-state index in [-0.39, 0.29) is 0 Å². The van der Waals surface area contributed by atoms with Crippen LogP contribution in [0.3, 0.4) is 0 Å². The van der Waals surface area contributed by atoms with Crippen molar-refractivity contribution in [2.45, 2.75) is 46.1 Å². The van der Waals surface area contributed by atoms with Gasteiger partial charge in [0.1, 0.15) is 0 Å². The van der Waals surface area contributed by atoms with Crippen molar-refractivity contribution in [2.75, 3.05) is 13.1 Å². The van der Waals surface area contributed by atoms with E-state index >= 15 is 0 Å². The third-order valence-electron chi connectivity index (χ3n) is 2.75. The summed E-state index contributed by atoms with van der Waals surface area (Å²) in [5, 5.41) is 8.39. The van der Waals surface area contributed by atoms with Crippen molar-refractivity contribution in [2.24, 2.45) is 0 Å². The number of unbranched alkanes of at least 4 members (excludes halogenated alkanes) is 3. The van der Waals surface area contributed by atoms with E-state index in [1.165, 1.54) is 25.7 Å². The van der Waals surface area contributed by atoms with Crippen LogP contribution >= 0.6 is 11.6 Å². The average Bonchev–Trinajstić information content (AvgIpc) is 2.59. The predicted octanol–water partition coefficient (Wildman–Crippen LogP) is 3.01. The first kappa shape index (κ1) is 13.5. The predicted molar refractivity (Wildman–Crippen MR) is 69.0 cm³/mol. The summed E-state index contributed by atoms with van der Waals surface area (Å²) in [6.07, 6.45) is 6.95. The van der Waals surface area contributed by atoms with E-state index in [1.54, 1.807) is 6.20 Å².